The Labute approximate surface area is 163 Å². The second kappa shape index (κ2) is 8.39. The summed E-state index contributed by atoms with van der Waals surface area (Å²) in [7, 11) is 3.11. The van der Waals surface area contributed by atoms with Gasteiger partial charge in [0.05, 0.1) is 14.2 Å². The van der Waals surface area contributed by atoms with E-state index < -0.39 is 0 Å². The molecule has 0 aliphatic heterocycles. The first-order valence-electron chi connectivity index (χ1n) is 8.71. The number of amides is 1. The third-order valence-electron chi connectivity index (χ3n) is 4.03. The van der Waals surface area contributed by atoms with Crippen molar-refractivity contribution in [1.29, 1.82) is 0 Å². The van der Waals surface area contributed by atoms with Crippen LogP contribution in [0.15, 0.2) is 48.5 Å². The van der Waals surface area contributed by atoms with Gasteiger partial charge < -0.3 is 20.1 Å². The molecule has 2 N–H and O–H groups in total. The maximum Gasteiger partial charge on any atom is 0.255 e. The molecule has 1 heterocycles. The van der Waals surface area contributed by atoms with Crippen molar-refractivity contribution < 1.29 is 14.3 Å². The SMILES string of the molecule is COc1ccc(NC(=O)c2ccc(Nc3nc(C)cc(C)n3)cc2)cc1OC. The minimum Gasteiger partial charge on any atom is -0.493 e. The van der Waals surface area contributed by atoms with Gasteiger partial charge >= 0.3 is 0 Å². The van der Waals surface area contributed by atoms with Crippen LogP contribution in [0.3, 0.4) is 0 Å². The minimum absolute atomic E-state index is 0.221. The molecule has 1 aromatic heterocycles. The van der Waals surface area contributed by atoms with Crippen molar-refractivity contribution in [3.8, 4) is 11.5 Å². The van der Waals surface area contributed by atoms with Crippen LogP contribution in [0.5, 0.6) is 11.5 Å². The van der Waals surface area contributed by atoms with E-state index >= 15 is 0 Å². The van der Waals surface area contributed by atoms with Gasteiger partial charge in [0.1, 0.15) is 0 Å². The molecule has 144 valence electrons. The Morgan fingerprint density at radius 1 is 0.821 bits per heavy atom. The Kier molecular flexibility index (Phi) is 5.74. The molecule has 0 unspecified atom stereocenters. The number of carbonyl (C=O) groups excluding carboxylic acids is 1. The smallest absolute Gasteiger partial charge is 0.255 e. The summed E-state index contributed by atoms with van der Waals surface area (Å²) in [6.07, 6.45) is 0. The van der Waals surface area contributed by atoms with Gasteiger partial charge in [-0.3, -0.25) is 4.79 Å². The molecule has 0 bridgehead atoms. The number of nitrogens with one attached hydrogen (secondary N) is 2. The number of anilines is 3. The number of aryl methyl sites for hydroxylation is 2. The second-order valence-electron chi connectivity index (χ2n) is 6.20. The molecular formula is C21H22N4O3. The molecule has 0 fully saturated rings. The first-order valence-corrected chi connectivity index (χ1v) is 8.71. The van der Waals surface area contributed by atoms with Crippen LogP contribution in [-0.2, 0) is 0 Å². The summed E-state index contributed by atoms with van der Waals surface area (Å²) in [6, 6.07) is 14.2. The van der Waals surface area contributed by atoms with Crippen LogP contribution in [0, 0.1) is 13.8 Å². The van der Waals surface area contributed by atoms with E-state index in [4.69, 9.17) is 9.47 Å². The second-order valence-corrected chi connectivity index (χ2v) is 6.20. The highest BCUT2D eigenvalue weighted by atomic mass is 16.5. The van der Waals surface area contributed by atoms with Crippen LogP contribution in [0.1, 0.15) is 21.7 Å². The van der Waals surface area contributed by atoms with Crippen molar-refractivity contribution in [1.82, 2.24) is 9.97 Å². The molecule has 0 saturated heterocycles. The van der Waals surface area contributed by atoms with Crippen molar-refractivity contribution >= 4 is 23.2 Å². The Morgan fingerprint density at radius 3 is 2.04 bits per heavy atom. The Hall–Kier alpha value is -3.61. The van der Waals surface area contributed by atoms with E-state index in [9.17, 15) is 4.79 Å². The molecular weight excluding hydrogens is 356 g/mol. The van der Waals surface area contributed by atoms with Gasteiger partial charge in [0, 0.05) is 34.4 Å². The van der Waals surface area contributed by atoms with Gasteiger partial charge in [-0.05, 0) is 56.3 Å². The number of rotatable bonds is 6. The van der Waals surface area contributed by atoms with Crippen LogP contribution < -0.4 is 20.1 Å². The maximum absolute atomic E-state index is 12.5. The molecule has 0 spiro atoms. The van der Waals surface area contributed by atoms with Crippen molar-refractivity contribution in [2.45, 2.75) is 13.8 Å². The largest absolute Gasteiger partial charge is 0.493 e. The van der Waals surface area contributed by atoms with Crippen molar-refractivity contribution in [3.05, 3.63) is 65.5 Å². The van der Waals surface area contributed by atoms with Gasteiger partial charge in [-0.1, -0.05) is 0 Å². The van der Waals surface area contributed by atoms with Crippen LogP contribution in [0.2, 0.25) is 0 Å². The summed E-state index contributed by atoms with van der Waals surface area (Å²) >= 11 is 0. The number of benzene rings is 2. The van der Waals surface area contributed by atoms with E-state index in [0.29, 0.717) is 28.7 Å². The fourth-order valence-electron chi connectivity index (χ4n) is 2.73. The Bertz CT molecular complexity index is 967. The number of nitrogens with zero attached hydrogens (tertiary/aromatic N) is 2. The first-order chi connectivity index (χ1) is 13.5. The summed E-state index contributed by atoms with van der Waals surface area (Å²) in [5, 5.41) is 5.99. The summed E-state index contributed by atoms with van der Waals surface area (Å²) in [5.74, 6) is 1.46. The average molecular weight is 378 g/mol. The van der Waals surface area contributed by atoms with E-state index in [0.717, 1.165) is 17.1 Å². The summed E-state index contributed by atoms with van der Waals surface area (Å²) in [6.45, 7) is 3.84. The van der Waals surface area contributed by atoms with Crippen molar-refractivity contribution in [2.75, 3.05) is 24.9 Å². The number of hydrogen-bond acceptors (Lipinski definition) is 6. The number of carbonyl (C=O) groups is 1. The third kappa shape index (κ3) is 4.56. The quantitative estimate of drug-likeness (QED) is 0.671. The zero-order valence-electron chi connectivity index (χ0n) is 16.2. The molecule has 0 aliphatic carbocycles. The highest BCUT2D eigenvalue weighted by molar-refractivity contribution is 6.04. The van der Waals surface area contributed by atoms with E-state index in [1.807, 2.05) is 32.0 Å². The van der Waals surface area contributed by atoms with Gasteiger partial charge in [-0.15, -0.1) is 0 Å². The normalized spacial score (nSPS) is 10.3. The number of ether oxygens (including phenoxy) is 2. The monoisotopic (exact) mass is 378 g/mol. The van der Waals surface area contributed by atoms with Crippen LogP contribution in [-0.4, -0.2) is 30.1 Å². The molecule has 0 saturated carbocycles. The number of hydrogen-bond donors (Lipinski definition) is 2. The third-order valence-corrected chi connectivity index (χ3v) is 4.03. The Balaban J connectivity index is 1.70. The van der Waals surface area contributed by atoms with E-state index in [1.165, 1.54) is 0 Å². The molecule has 0 atom stereocenters. The molecule has 0 aliphatic rings. The van der Waals surface area contributed by atoms with E-state index in [1.54, 1.807) is 44.6 Å². The predicted molar refractivity (Wildman–Crippen MR) is 109 cm³/mol. The van der Waals surface area contributed by atoms with Crippen molar-refractivity contribution in [2.24, 2.45) is 0 Å². The first kappa shape index (κ1) is 19.2. The molecule has 7 nitrogen and oxygen atoms in total. The number of methoxy groups -OCH3 is 2. The topological polar surface area (TPSA) is 85.4 Å². The van der Waals surface area contributed by atoms with Gasteiger partial charge in [0.25, 0.3) is 5.91 Å². The van der Waals surface area contributed by atoms with Crippen LogP contribution in [0.4, 0.5) is 17.3 Å². The van der Waals surface area contributed by atoms with Crippen molar-refractivity contribution in [3.63, 3.8) is 0 Å². The van der Waals surface area contributed by atoms with E-state index in [2.05, 4.69) is 20.6 Å². The van der Waals surface area contributed by atoms with Crippen LogP contribution in [0.25, 0.3) is 0 Å². The lowest BCUT2D eigenvalue weighted by molar-refractivity contribution is 0.102. The predicted octanol–water partition coefficient (Wildman–Crippen LogP) is 4.11. The van der Waals surface area contributed by atoms with Gasteiger partial charge in [-0.25, -0.2) is 9.97 Å². The summed E-state index contributed by atoms with van der Waals surface area (Å²) in [4.78, 5) is 21.2. The summed E-state index contributed by atoms with van der Waals surface area (Å²) in [5.41, 5.74) is 3.73. The molecule has 28 heavy (non-hydrogen) atoms. The van der Waals surface area contributed by atoms with Crippen LogP contribution >= 0.6 is 0 Å². The fraction of sp³-hybridized carbons (Fsp3) is 0.190. The molecule has 0 radical (unpaired) electrons. The number of aromatic nitrogens is 2. The lowest BCUT2D eigenvalue weighted by Gasteiger charge is -2.11. The van der Waals surface area contributed by atoms with Gasteiger partial charge in [0.2, 0.25) is 5.95 Å². The Morgan fingerprint density at radius 2 is 1.43 bits per heavy atom. The zero-order chi connectivity index (χ0) is 20.1. The maximum atomic E-state index is 12.5. The molecule has 1 amide bonds. The fourth-order valence-corrected chi connectivity index (χ4v) is 2.73. The standard InChI is InChI=1S/C21H22N4O3/c1-13-11-14(2)23-21(22-13)25-16-7-5-15(6-8-16)20(26)24-17-9-10-18(27-3)19(12-17)28-4/h5-12H,1-4H3,(H,24,26)(H,22,23,25). The van der Waals surface area contributed by atoms with E-state index in [-0.39, 0.29) is 5.91 Å². The zero-order valence-corrected chi connectivity index (χ0v) is 16.2. The summed E-state index contributed by atoms with van der Waals surface area (Å²) < 4.78 is 10.5. The highest BCUT2D eigenvalue weighted by Crippen LogP contribution is 2.30. The van der Waals surface area contributed by atoms with Gasteiger partial charge in [0.15, 0.2) is 11.5 Å². The molecule has 3 aromatic rings. The van der Waals surface area contributed by atoms with Gasteiger partial charge in [-0.2, -0.15) is 0 Å². The average Bonchev–Trinajstić information content (AvgIpc) is 2.67. The molecule has 7 heteroatoms. The lowest BCUT2D eigenvalue weighted by Crippen LogP contribution is -2.12. The lowest BCUT2D eigenvalue weighted by atomic mass is 10.2. The molecule has 2 aromatic carbocycles. The minimum atomic E-state index is -0.221. The molecule has 3 rings (SSSR count). The highest BCUT2D eigenvalue weighted by Gasteiger charge is 2.10.